The minimum absolute atomic E-state index is 0.488. The van der Waals surface area contributed by atoms with Gasteiger partial charge in [-0.3, -0.25) is 0 Å². The average molecular weight is 585 g/mol. The van der Waals surface area contributed by atoms with Gasteiger partial charge in [0.05, 0.1) is 5.41 Å². The van der Waals surface area contributed by atoms with E-state index in [0.717, 1.165) is 17.1 Å². The maximum absolute atomic E-state index is 6.48. The number of benzene rings is 8. The van der Waals surface area contributed by atoms with Crippen molar-refractivity contribution in [3.05, 3.63) is 192 Å². The zero-order valence-corrected chi connectivity index (χ0v) is 25.1. The van der Waals surface area contributed by atoms with Gasteiger partial charge < -0.3 is 4.74 Å². The Hall–Kier alpha value is -5.92. The van der Waals surface area contributed by atoms with Crippen molar-refractivity contribution in [2.45, 2.75) is 5.41 Å². The van der Waals surface area contributed by atoms with E-state index in [1.54, 1.807) is 0 Å². The molecule has 8 aromatic rings. The predicted molar refractivity (Wildman–Crippen MR) is 190 cm³/mol. The van der Waals surface area contributed by atoms with E-state index in [4.69, 9.17) is 4.74 Å². The Morgan fingerprint density at radius 1 is 0.348 bits per heavy atom. The molecule has 0 spiro atoms. The van der Waals surface area contributed by atoms with Gasteiger partial charge in [-0.2, -0.15) is 0 Å². The summed E-state index contributed by atoms with van der Waals surface area (Å²) in [5, 5.41) is 4.91. The molecular formula is C45H28O. The molecule has 46 heavy (non-hydrogen) atoms. The Kier molecular flexibility index (Phi) is 5.27. The topological polar surface area (TPSA) is 9.23 Å². The first kappa shape index (κ1) is 25.4. The Morgan fingerprint density at radius 2 is 0.978 bits per heavy atom. The van der Waals surface area contributed by atoms with Crippen LogP contribution in [-0.2, 0) is 5.41 Å². The van der Waals surface area contributed by atoms with Crippen molar-refractivity contribution in [2.75, 3.05) is 0 Å². The lowest BCUT2D eigenvalue weighted by Crippen LogP contribution is -2.28. The third-order valence-corrected chi connectivity index (χ3v) is 10.2. The summed E-state index contributed by atoms with van der Waals surface area (Å²) in [7, 11) is 0. The van der Waals surface area contributed by atoms with Gasteiger partial charge in [0.15, 0.2) is 0 Å². The largest absolute Gasteiger partial charge is 0.456 e. The summed E-state index contributed by atoms with van der Waals surface area (Å²) in [5.74, 6) is 1.82. The lowest BCUT2D eigenvalue weighted by molar-refractivity contribution is 0.487. The van der Waals surface area contributed by atoms with Crippen LogP contribution in [-0.4, -0.2) is 0 Å². The second-order valence-corrected chi connectivity index (χ2v) is 12.4. The molecule has 0 radical (unpaired) electrons. The quantitative estimate of drug-likeness (QED) is 0.201. The van der Waals surface area contributed by atoms with Crippen LogP contribution in [0, 0.1) is 0 Å². The van der Waals surface area contributed by atoms with Crippen LogP contribution < -0.4 is 4.74 Å². The van der Waals surface area contributed by atoms with Crippen molar-refractivity contribution in [2.24, 2.45) is 0 Å². The molecular weight excluding hydrogens is 556 g/mol. The van der Waals surface area contributed by atoms with E-state index in [1.807, 2.05) is 6.07 Å². The number of para-hydroxylation sites is 1. The van der Waals surface area contributed by atoms with Crippen molar-refractivity contribution in [3.8, 4) is 44.9 Å². The summed E-state index contributed by atoms with van der Waals surface area (Å²) in [6.07, 6.45) is 0. The second-order valence-electron chi connectivity index (χ2n) is 12.4. The van der Waals surface area contributed by atoms with Crippen LogP contribution in [0.1, 0.15) is 22.3 Å². The fraction of sp³-hybridized carbons (Fsp3) is 0.0222. The molecule has 0 saturated carbocycles. The first-order chi connectivity index (χ1) is 22.8. The molecule has 0 amide bonds. The Labute approximate surface area is 268 Å². The molecule has 214 valence electrons. The van der Waals surface area contributed by atoms with E-state index in [0.29, 0.717) is 0 Å². The van der Waals surface area contributed by atoms with Crippen molar-refractivity contribution in [1.82, 2.24) is 0 Å². The summed E-state index contributed by atoms with van der Waals surface area (Å²) >= 11 is 0. The SMILES string of the molecule is c1ccc(C2(c3cccc4ccccc34)c3ccccc3-c3c(-c4ccc5c6c(cccc46)-c4ccccc4O5)cccc32)cc1. The Morgan fingerprint density at radius 3 is 1.91 bits per heavy atom. The molecule has 1 aliphatic carbocycles. The fourth-order valence-corrected chi connectivity index (χ4v) is 8.37. The lowest BCUT2D eigenvalue weighted by Gasteiger charge is -2.35. The average Bonchev–Trinajstić information content (AvgIpc) is 3.43. The van der Waals surface area contributed by atoms with Crippen LogP contribution >= 0.6 is 0 Å². The van der Waals surface area contributed by atoms with Gasteiger partial charge in [0, 0.05) is 10.9 Å². The van der Waals surface area contributed by atoms with Gasteiger partial charge in [-0.15, -0.1) is 0 Å². The molecule has 8 aromatic carbocycles. The highest BCUT2D eigenvalue weighted by molar-refractivity contribution is 6.12. The fourth-order valence-electron chi connectivity index (χ4n) is 8.37. The smallest absolute Gasteiger partial charge is 0.135 e. The van der Waals surface area contributed by atoms with Crippen molar-refractivity contribution in [3.63, 3.8) is 0 Å². The lowest BCUT2D eigenvalue weighted by atomic mass is 9.66. The third-order valence-electron chi connectivity index (χ3n) is 10.2. The third kappa shape index (κ3) is 3.29. The Bertz CT molecular complexity index is 2500. The summed E-state index contributed by atoms with van der Waals surface area (Å²) in [5.41, 5.74) is 12.1. The predicted octanol–water partition coefficient (Wildman–Crippen LogP) is 11.8. The van der Waals surface area contributed by atoms with Crippen LogP contribution in [0.25, 0.3) is 54.9 Å². The molecule has 1 heteroatoms. The van der Waals surface area contributed by atoms with Crippen LogP contribution in [0.3, 0.4) is 0 Å². The van der Waals surface area contributed by atoms with Crippen LogP contribution in [0.4, 0.5) is 0 Å². The molecule has 1 aliphatic heterocycles. The summed E-state index contributed by atoms with van der Waals surface area (Å²) < 4.78 is 6.48. The van der Waals surface area contributed by atoms with E-state index >= 15 is 0 Å². The molecule has 1 atom stereocenters. The number of hydrogen-bond acceptors (Lipinski definition) is 1. The van der Waals surface area contributed by atoms with Gasteiger partial charge in [-0.1, -0.05) is 158 Å². The molecule has 0 aromatic heterocycles. The normalized spacial score (nSPS) is 15.7. The first-order valence-electron chi connectivity index (χ1n) is 15.9. The molecule has 0 bridgehead atoms. The van der Waals surface area contributed by atoms with Gasteiger partial charge in [-0.25, -0.2) is 0 Å². The monoisotopic (exact) mass is 584 g/mol. The van der Waals surface area contributed by atoms with Gasteiger partial charge in [-0.05, 0) is 78.4 Å². The maximum Gasteiger partial charge on any atom is 0.135 e. The highest BCUT2D eigenvalue weighted by atomic mass is 16.5. The minimum atomic E-state index is -0.488. The molecule has 10 rings (SSSR count). The second kappa shape index (κ2) is 9.54. The summed E-state index contributed by atoms with van der Waals surface area (Å²) in [6, 6.07) is 62.1. The summed E-state index contributed by atoms with van der Waals surface area (Å²) in [4.78, 5) is 0. The number of fused-ring (bicyclic) bond motifs is 6. The molecule has 1 unspecified atom stereocenters. The molecule has 0 saturated heterocycles. The van der Waals surface area contributed by atoms with Crippen molar-refractivity contribution < 1.29 is 4.74 Å². The standard InChI is InChI=1S/C45H28O/c1-2-15-30(16-3-1)45(38-24-10-14-29-13-4-5-17-31(29)38)39-23-8-6-19-37(39)43-34(22-12-25-40(43)45)32-27-28-42-44-35(32)20-11-21-36(44)33-18-7-9-26-41(33)46-42/h1-28H. The van der Waals surface area contributed by atoms with Crippen LogP contribution in [0.15, 0.2) is 170 Å². The van der Waals surface area contributed by atoms with Crippen molar-refractivity contribution >= 4 is 21.5 Å². The Balaban J connectivity index is 1.33. The maximum atomic E-state index is 6.48. The van der Waals surface area contributed by atoms with Gasteiger partial charge in [0.2, 0.25) is 0 Å². The zero-order valence-electron chi connectivity index (χ0n) is 25.1. The van der Waals surface area contributed by atoms with E-state index in [9.17, 15) is 0 Å². The molecule has 2 aliphatic rings. The van der Waals surface area contributed by atoms with Gasteiger partial charge >= 0.3 is 0 Å². The first-order valence-corrected chi connectivity index (χ1v) is 15.9. The minimum Gasteiger partial charge on any atom is -0.456 e. The highest BCUT2D eigenvalue weighted by Gasteiger charge is 2.47. The number of hydrogen-bond donors (Lipinski definition) is 0. The van der Waals surface area contributed by atoms with Crippen LogP contribution in [0.2, 0.25) is 0 Å². The van der Waals surface area contributed by atoms with Gasteiger partial charge in [0.25, 0.3) is 0 Å². The van der Waals surface area contributed by atoms with Gasteiger partial charge in [0.1, 0.15) is 11.5 Å². The number of ether oxygens (including phenoxy) is 1. The van der Waals surface area contributed by atoms with E-state index in [-0.39, 0.29) is 0 Å². The van der Waals surface area contributed by atoms with E-state index in [1.165, 1.54) is 71.6 Å². The van der Waals surface area contributed by atoms with Crippen LogP contribution in [0.5, 0.6) is 11.5 Å². The number of rotatable bonds is 3. The van der Waals surface area contributed by atoms with E-state index < -0.39 is 5.41 Å². The summed E-state index contributed by atoms with van der Waals surface area (Å²) in [6.45, 7) is 0. The highest BCUT2D eigenvalue weighted by Crippen LogP contribution is 2.60. The molecule has 1 heterocycles. The molecule has 1 nitrogen and oxygen atoms in total. The van der Waals surface area contributed by atoms with E-state index in [2.05, 4.69) is 164 Å². The molecule has 0 fully saturated rings. The zero-order chi connectivity index (χ0) is 30.2. The molecule has 0 N–H and O–H groups in total. The van der Waals surface area contributed by atoms with Crippen molar-refractivity contribution in [1.29, 1.82) is 0 Å².